The predicted molar refractivity (Wildman–Crippen MR) is 49.5 cm³/mol. The van der Waals surface area contributed by atoms with Gasteiger partial charge in [0.2, 0.25) is 0 Å². The van der Waals surface area contributed by atoms with Crippen molar-refractivity contribution in [1.29, 1.82) is 0 Å². The van der Waals surface area contributed by atoms with Crippen LogP contribution in [0, 0.1) is 0 Å². The second-order valence-electron chi connectivity index (χ2n) is 3.85. The summed E-state index contributed by atoms with van der Waals surface area (Å²) < 4.78 is 5.77. The first-order valence-electron chi connectivity index (χ1n) is 4.85. The molecular formula is C8H15N5O. The normalized spacial score (nSPS) is 27.8. The van der Waals surface area contributed by atoms with Crippen LogP contribution in [0.5, 0.6) is 0 Å². The largest absolute Gasteiger partial charge is 0.366 e. The Bertz CT molecular complexity index is 267. The number of piperidine rings is 1. The molecule has 2 heterocycles. The Labute approximate surface area is 82.4 Å². The number of H-pyrrole nitrogens is 1. The van der Waals surface area contributed by atoms with Gasteiger partial charge in [0, 0.05) is 6.54 Å². The molecule has 2 N–H and O–H groups in total. The molecule has 1 aromatic rings. The van der Waals surface area contributed by atoms with E-state index in [-0.39, 0.29) is 5.60 Å². The summed E-state index contributed by atoms with van der Waals surface area (Å²) in [5.74, 6) is 0.608. The second-order valence-corrected chi connectivity index (χ2v) is 3.85. The molecule has 1 aromatic heterocycles. The van der Waals surface area contributed by atoms with Gasteiger partial charge in [-0.05, 0) is 26.3 Å². The third-order valence-corrected chi connectivity index (χ3v) is 2.50. The number of tetrazole rings is 1. The van der Waals surface area contributed by atoms with Gasteiger partial charge in [-0.15, -0.1) is 10.2 Å². The van der Waals surface area contributed by atoms with Gasteiger partial charge >= 0.3 is 0 Å². The van der Waals surface area contributed by atoms with Gasteiger partial charge in [-0.3, -0.25) is 0 Å². The van der Waals surface area contributed by atoms with Gasteiger partial charge in [0.25, 0.3) is 0 Å². The van der Waals surface area contributed by atoms with Crippen molar-refractivity contribution >= 4 is 0 Å². The Morgan fingerprint density at radius 2 is 2.50 bits per heavy atom. The molecule has 0 spiro atoms. The Morgan fingerprint density at radius 3 is 3.14 bits per heavy atom. The lowest BCUT2D eigenvalue weighted by Crippen LogP contribution is -2.45. The number of aromatic amines is 1. The molecular weight excluding hydrogens is 182 g/mol. The van der Waals surface area contributed by atoms with Crippen LogP contribution < -0.4 is 5.32 Å². The Morgan fingerprint density at radius 1 is 1.57 bits per heavy atom. The fourth-order valence-electron chi connectivity index (χ4n) is 1.63. The summed E-state index contributed by atoms with van der Waals surface area (Å²) >= 11 is 0. The molecule has 1 aliphatic heterocycles. The minimum atomic E-state index is -0.0844. The number of hydrogen-bond acceptors (Lipinski definition) is 5. The molecule has 6 heteroatoms. The summed E-state index contributed by atoms with van der Waals surface area (Å²) in [5, 5.41) is 16.9. The SMILES string of the molecule is CC1(OCc2nn[nH]n2)CCCNC1. The zero-order chi connectivity index (χ0) is 9.86. The molecule has 0 aliphatic carbocycles. The van der Waals surface area contributed by atoms with Gasteiger partial charge in [-0.25, -0.2) is 0 Å². The van der Waals surface area contributed by atoms with Gasteiger partial charge in [-0.1, -0.05) is 5.21 Å². The number of hydrogen-bond donors (Lipinski definition) is 2. The van der Waals surface area contributed by atoms with Crippen molar-refractivity contribution in [3.05, 3.63) is 5.82 Å². The van der Waals surface area contributed by atoms with E-state index in [1.165, 1.54) is 0 Å². The van der Waals surface area contributed by atoms with Crippen LogP contribution in [0.1, 0.15) is 25.6 Å². The van der Waals surface area contributed by atoms with Crippen LogP contribution in [0.4, 0.5) is 0 Å². The van der Waals surface area contributed by atoms with E-state index < -0.39 is 0 Å². The number of nitrogens with one attached hydrogen (secondary N) is 2. The fraction of sp³-hybridized carbons (Fsp3) is 0.875. The van der Waals surface area contributed by atoms with Crippen molar-refractivity contribution in [3.8, 4) is 0 Å². The van der Waals surface area contributed by atoms with Crippen molar-refractivity contribution in [3.63, 3.8) is 0 Å². The highest BCUT2D eigenvalue weighted by molar-refractivity contribution is 4.84. The van der Waals surface area contributed by atoms with Crippen LogP contribution in [-0.2, 0) is 11.3 Å². The summed E-state index contributed by atoms with van der Waals surface area (Å²) in [5.41, 5.74) is -0.0844. The molecule has 1 unspecified atom stereocenters. The molecule has 1 aliphatic rings. The van der Waals surface area contributed by atoms with Gasteiger partial charge in [-0.2, -0.15) is 5.21 Å². The molecule has 0 amide bonds. The third-order valence-electron chi connectivity index (χ3n) is 2.50. The van der Waals surface area contributed by atoms with E-state index in [0.29, 0.717) is 12.4 Å². The lowest BCUT2D eigenvalue weighted by Gasteiger charge is -2.33. The fourth-order valence-corrected chi connectivity index (χ4v) is 1.63. The smallest absolute Gasteiger partial charge is 0.200 e. The van der Waals surface area contributed by atoms with Crippen LogP contribution in [0.2, 0.25) is 0 Å². The molecule has 0 aromatic carbocycles. The van der Waals surface area contributed by atoms with E-state index in [1.54, 1.807) is 0 Å². The Balaban J connectivity index is 1.84. The topological polar surface area (TPSA) is 75.7 Å². The molecule has 0 radical (unpaired) electrons. The van der Waals surface area contributed by atoms with Crippen LogP contribution in [0.25, 0.3) is 0 Å². The number of aromatic nitrogens is 4. The van der Waals surface area contributed by atoms with Crippen molar-refractivity contribution in [1.82, 2.24) is 25.9 Å². The van der Waals surface area contributed by atoms with Gasteiger partial charge < -0.3 is 10.1 Å². The Kier molecular flexibility index (Phi) is 2.74. The minimum absolute atomic E-state index is 0.0844. The van der Waals surface area contributed by atoms with Crippen molar-refractivity contribution in [2.24, 2.45) is 0 Å². The quantitative estimate of drug-likeness (QED) is 0.705. The summed E-state index contributed by atoms with van der Waals surface area (Å²) in [4.78, 5) is 0. The average molecular weight is 197 g/mol. The first-order chi connectivity index (χ1) is 6.79. The van der Waals surface area contributed by atoms with Crippen molar-refractivity contribution in [2.75, 3.05) is 13.1 Å². The zero-order valence-corrected chi connectivity index (χ0v) is 8.29. The maximum Gasteiger partial charge on any atom is 0.200 e. The molecule has 14 heavy (non-hydrogen) atoms. The van der Waals surface area contributed by atoms with Crippen LogP contribution in [0.3, 0.4) is 0 Å². The van der Waals surface area contributed by atoms with Crippen molar-refractivity contribution in [2.45, 2.75) is 32.0 Å². The standard InChI is InChI=1S/C8H15N5O/c1-8(3-2-4-9-6-8)14-5-7-10-12-13-11-7/h9H,2-6H2,1H3,(H,10,11,12,13). The maximum absolute atomic E-state index is 5.77. The lowest BCUT2D eigenvalue weighted by molar-refractivity contribution is -0.0596. The first-order valence-corrected chi connectivity index (χ1v) is 4.85. The van der Waals surface area contributed by atoms with E-state index in [0.717, 1.165) is 25.9 Å². The molecule has 6 nitrogen and oxygen atoms in total. The Hall–Kier alpha value is -1.01. The molecule has 0 bridgehead atoms. The summed E-state index contributed by atoms with van der Waals surface area (Å²) in [6, 6.07) is 0. The summed E-state index contributed by atoms with van der Waals surface area (Å²) in [7, 11) is 0. The van der Waals surface area contributed by atoms with E-state index in [2.05, 4.69) is 32.9 Å². The van der Waals surface area contributed by atoms with Crippen LogP contribution >= 0.6 is 0 Å². The molecule has 0 saturated carbocycles. The first kappa shape index (κ1) is 9.54. The summed E-state index contributed by atoms with van der Waals surface area (Å²) in [6.45, 7) is 4.51. The highest BCUT2D eigenvalue weighted by Crippen LogP contribution is 2.20. The van der Waals surface area contributed by atoms with E-state index in [4.69, 9.17) is 4.74 Å². The molecule has 1 saturated heterocycles. The number of ether oxygens (including phenoxy) is 1. The number of nitrogens with zero attached hydrogens (tertiary/aromatic N) is 3. The summed E-state index contributed by atoms with van der Waals surface area (Å²) in [6.07, 6.45) is 2.24. The number of rotatable bonds is 3. The van der Waals surface area contributed by atoms with E-state index in [9.17, 15) is 0 Å². The van der Waals surface area contributed by atoms with Gasteiger partial charge in [0.05, 0.1) is 5.60 Å². The molecule has 78 valence electrons. The molecule has 1 atom stereocenters. The van der Waals surface area contributed by atoms with Crippen LogP contribution in [0.15, 0.2) is 0 Å². The third kappa shape index (κ3) is 2.27. The monoisotopic (exact) mass is 197 g/mol. The highest BCUT2D eigenvalue weighted by atomic mass is 16.5. The molecule has 2 rings (SSSR count). The predicted octanol–water partition coefficient (Wildman–Crippen LogP) is -0.142. The van der Waals surface area contributed by atoms with E-state index in [1.807, 2.05) is 0 Å². The zero-order valence-electron chi connectivity index (χ0n) is 8.29. The maximum atomic E-state index is 5.77. The van der Waals surface area contributed by atoms with Gasteiger partial charge in [0.1, 0.15) is 6.61 Å². The van der Waals surface area contributed by atoms with Crippen LogP contribution in [-0.4, -0.2) is 39.3 Å². The molecule has 1 fully saturated rings. The second kappa shape index (κ2) is 4.02. The highest BCUT2D eigenvalue weighted by Gasteiger charge is 2.27. The van der Waals surface area contributed by atoms with Crippen molar-refractivity contribution < 1.29 is 4.74 Å². The van der Waals surface area contributed by atoms with Gasteiger partial charge in [0.15, 0.2) is 5.82 Å². The lowest BCUT2D eigenvalue weighted by atomic mass is 9.96. The average Bonchev–Trinajstić information content (AvgIpc) is 2.69. The minimum Gasteiger partial charge on any atom is -0.366 e. The van der Waals surface area contributed by atoms with E-state index >= 15 is 0 Å².